The molecule has 0 bridgehead atoms. The highest BCUT2D eigenvalue weighted by Gasteiger charge is 2.07. The van der Waals surface area contributed by atoms with Gasteiger partial charge in [0.1, 0.15) is 5.82 Å². The molecular weight excluding hydrogens is 164 g/mol. The number of aryl methyl sites for hydroxylation is 1. The Bertz CT molecular complexity index is 263. The highest BCUT2D eigenvalue weighted by molar-refractivity contribution is 5.49. The van der Waals surface area contributed by atoms with E-state index in [1.165, 1.54) is 0 Å². The maximum atomic E-state index is 4.40. The molecule has 1 N–H and O–H groups in total. The molecule has 0 aromatic carbocycles. The van der Waals surface area contributed by atoms with Gasteiger partial charge in [0.15, 0.2) is 5.82 Å². The molecule has 0 aliphatic heterocycles. The van der Waals surface area contributed by atoms with Crippen LogP contribution in [0.4, 0.5) is 11.6 Å². The molecule has 0 unspecified atom stereocenters. The first-order valence-electron chi connectivity index (χ1n) is 4.69. The molecule has 0 amide bonds. The van der Waals surface area contributed by atoms with E-state index in [0.717, 1.165) is 24.7 Å². The minimum atomic E-state index is 0.997. The Morgan fingerprint density at radius 2 is 2.08 bits per heavy atom. The first kappa shape index (κ1) is 9.89. The van der Waals surface area contributed by atoms with Gasteiger partial charge in [-0.25, -0.2) is 0 Å². The van der Waals surface area contributed by atoms with E-state index in [0.29, 0.717) is 0 Å². The van der Waals surface area contributed by atoms with E-state index >= 15 is 0 Å². The van der Waals surface area contributed by atoms with Gasteiger partial charge in [-0.2, -0.15) is 5.10 Å². The van der Waals surface area contributed by atoms with Gasteiger partial charge in [-0.3, -0.25) is 4.68 Å². The van der Waals surface area contributed by atoms with Gasteiger partial charge in [-0.15, -0.1) is 0 Å². The zero-order valence-corrected chi connectivity index (χ0v) is 8.83. The first-order valence-corrected chi connectivity index (χ1v) is 4.69. The first-order chi connectivity index (χ1) is 6.22. The number of anilines is 2. The second-order valence-corrected chi connectivity index (χ2v) is 2.93. The van der Waals surface area contributed by atoms with Crippen molar-refractivity contribution in [2.45, 2.75) is 13.8 Å². The lowest BCUT2D eigenvalue weighted by atomic mass is 10.4. The molecule has 0 saturated carbocycles. The fourth-order valence-corrected chi connectivity index (χ4v) is 1.39. The second-order valence-electron chi connectivity index (χ2n) is 2.93. The lowest BCUT2D eigenvalue weighted by molar-refractivity contribution is 0.749. The maximum absolute atomic E-state index is 4.40. The standard InChI is InChI=1S/C9H18N4/c1-5-13(6-2)9-7-8(10-3)12(4)11-9/h7,10H,5-6H2,1-4H3. The SMILES string of the molecule is CCN(CC)c1cc(NC)n(C)n1. The van der Waals surface area contributed by atoms with E-state index in [9.17, 15) is 0 Å². The Morgan fingerprint density at radius 1 is 1.46 bits per heavy atom. The molecule has 0 aliphatic rings. The van der Waals surface area contributed by atoms with Crippen molar-refractivity contribution < 1.29 is 0 Å². The summed E-state index contributed by atoms with van der Waals surface area (Å²) in [5.74, 6) is 2.08. The van der Waals surface area contributed by atoms with Crippen LogP contribution in [0.2, 0.25) is 0 Å². The smallest absolute Gasteiger partial charge is 0.152 e. The fraction of sp³-hybridized carbons (Fsp3) is 0.667. The van der Waals surface area contributed by atoms with Gasteiger partial charge in [0.05, 0.1) is 0 Å². The van der Waals surface area contributed by atoms with Crippen LogP contribution in [0.1, 0.15) is 13.8 Å². The van der Waals surface area contributed by atoms with Crippen LogP contribution in [0.5, 0.6) is 0 Å². The number of rotatable bonds is 4. The van der Waals surface area contributed by atoms with Crippen molar-refractivity contribution >= 4 is 11.6 Å². The van der Waals surface area contributed by atoms with Crippen LogP contribution in [-0.2, 0) is 7.05 Å². The van der Waals surface area contributed by atoms with Crippen LogP contribution in [0.3, 0.4) is 0 Å². The molecule has 4 nitrogen and oxygen atoms in total. The Morgan fingerprint density at radius 3 is 2.46 bits per heavy atom. The summed E-state index contributed by atoms with van der Waals surface area (Å²) in [4.78, 5) is 2.22. The number of nitrogens with one attached hydrogen (secondary N) is 1. The van der Waals surface area contributed by atoms with Gasteiger partial charge in [0.2, 0.25) is 0 Å². The third-order valence-corrected chi connectivity index (χ3v) is 2.21. The van der Waals surface area contributed by atoms with E-state index in [-0.39, 0.29) is 0 Å². The number of hydrogen-bond donors (Lipinski definition) is 1. The molecule has 0 spiro atoms. The fourth-order valence-electron chi connectivity index (χ4n) is 1.39. The van der Waals surface area contributed by atoms with Crippen molar-refractivity contribution in [3.05, 3.63) is 6.07 Å². The monoisotopic (exact) mass is 182 g/mol. The molecule has 0 radical (unpaired) electrons. The average molecular weight is 182 g/mol. The molecule has 0 saturated heterocycles. The molecule has 0 fully saturated rings. The van der Waals surface area contributed by atoms with Crippen molar-refractivity contribution in [1.82, 2.24) is 9.78 Å². The van der Waals surface area contributed by atoms with Gasteiger partial charge in [0.25, 0.3) is 0 Å². The molecule has 1 aromatic rings. The van der Waals surface area contributed by atoms with Crippen LogP contribution < -0.4 is 10.2 Å². The van der Waals surface area contributed by atoms with Crippen molar-refractivity contribution in [2.75, 3.05) is 30.4 Å². The lowest BCUT2D eigenvalue weighted by Crippen LogP contribution is -2.22. The largest absolute Gasteiger partial charge is 0.373 e. The third-order valence-electron chi connectivity index (χ3n) is 2.21. The Balaban J connectivity index is 2.88. The molecule has 1 heterocycles. The molecular formula is C9H18N4. The zero-order chi connectivity index (χ0) is 9.84. The Hall–Kier alpha value is -1.19. The molecule has 13 heavy (non-hydrogen) atoms. The average Bonchev–Trinajstić information content (AvgIpc) is 2.49. The van der Waals surface area contributed by atoms with Crippen LogP contribution in [-0.4, -0.2) is 29.9 Å². The van der Waals surface area contributed by atoms with Crippen LogP contribution in [0.25, 0.3) is 0 Å². The van der Waals surface area contributed by atoms with Crippen molar-refractivity contribution in [3.8, 4) is 0 Å². The molecule has 0 atom stereocenters. The van der Waals surface area contributed by atoms with Gasteiger partial charge in [-0.1, -0.05) is 0 Å². The number of aromatic nitrogens is 2. The van der Waals surface area contributed by atoms with Gasteiger partial charge in [-0.05, 0) is 13.8 Å². The van der Waals surface area contributed by atoms with E-state index < -0.39 is 0 Å². The summed E-state index contributed by atoms with van der Waals surface area (Å²) < 4.78 is 1.85. The second kappa shape index (κ2) is 4.16. The van der Waals surface area contributed by atoms with Crippen molar-refractivity contribution in [3.63, 3.8) is 0 Å². The predicted octanol–water partition coefficient (Wildman–Crippen LogP) is 1.31. The van der Waals surface area contributed by atoms with Crippen LogP contribution >= 0.6 is 0 Å². The summed E-state index contributed by atoms with van der Waals surface area (Å²) in [6.45, 7) is 6.27. The molecule has 4 heteroatoms. The Kier molecular flexibility index (Phi) is 3.17. The van der Waals surface area contributed by atoms with Crippen LogP contribution in [0.15, 0.2) is 6.07 Å². The highest BCUT2D eigenvalue weighted by Crippen LogP contribution is 2.16. The predicted molar refractivity (Wildman–Crippen MR) is 56.3 cm³/mol. The van der Waals surface area contributed by atoms with Gasteiger partial charge < -0.3 is 10.2 Å². The summed E-state index contributed by atoms with van der Waals surface area (Å²) in [5, 5.41) is 7.50. The lowest BCUT2D eigenvalue weighted by Gasteiger charge is -2.16. The zero-order valence-electron chi connectivity index (χ0n) is 8.83. The molecule has 74 valence electrons. The minimum absolute atomic E-state index is 0.997. The van der Waals surface area contributed by atoms with Gasteiger partial charge >= 0.3 is 0 Å². The van der Waals surface area contributed by atoms with E-state index in [2.05, 4.69) is 35.2 Å². The van der Waals surface area contributed by atoms with Crippen molar-refractivity contribution in [1.29, 1.82) is 0 Å². The summed E-state index contributed by atoms with van der Waals surface area (Å²) in [5.41, 5.74) is 0. The van der Waals surface area contributed by atoms with Crippen molar-refractivity contribution in [2.24, 2.45) is 7.05 Å². The minimum Gasteiger partial charge on any atom is -0.373 e. The summed E-state index contributed by atoms with van der Waals surface area (Å²) in [7, 11) is 3.85. The van der Waals surface area contributed by atoms with Gasteiger partial charge in [0, 0.05) is 33.3 Å². The molecule has 1 aromatic heterocycles. The number of nitrogens with zero attached hydrogens (tertiary/aromatic N) is 3. The summed E-state index contributed by atoms with van der Waals surface area (Å²) in [6.07, 6.45) is 0. The van der Waals surface area contributed by atoms with Crippen LogP contribution in [0, 0.1) is 0 Å². The number of hydrogen-bond acceptors (Lipinski definition) is 3. The van der Waals surface area contributed by atoms with E-state index in [1.807, 2.05) is 18.8 Å². The highest BCUT2D eigenvalue weighted by atomic mass is 15.4. The maximum Gasteiger partial charge on any atom is 0.152 e. The van der Waals surface area contributed by atoms with E-state index in [4.69, 9.17) is 0 Å². The normalized spacial score (nSPS) is 10.2. The summed E-state index contributed by atoms with van der Waals surface area (Å²) >= 11 is 0. The topological polar surface area (TPSA) is 33.1 Å². The third kappa shape index (κ3) is 1.94. The molecule has 1 rings (SSSR count). The Labute approximate surface area is 79.5 Å². The summed E-state index contributed by atoms with van der Waals surface area (Å²) in [6, 6.07) is 2.06. The molecule has 0 aliphatic carbocycles. The quantitative estimate of drug-likeness (QED) is 0.762. The van der Waals surface area contributed by atoms with E-state index in [1.54, 1.807) is 0 Å².